The fraction of sp³-hybridized carbons (Fsp3) is 0.0833. The molecule has 0 aliphatic heterocycles. The van der Waals surface area contributed by atoms with Gasteiger partial charge in [0.1, 0.15) is 0 Å². The lowest BCUT2D eigenvalue weighted by molar-refractivity contribution is 1.32. The third kappa shape index (κ3) is 1.76. The molecular weight excluding hydrogens is 186 g/mol. The summed E-state index contributed by atoms with van der Waals surface area (Å²) in [5.74, 6) is 0. The van der Waals surface area contributed by atoms with Crippen molar-refractivity contribution < 1.29 is 0 Å². The lowest BCUT2D eigenvalue weighted by Crippen LogP contribution is -1.99. The quantitative estimate of drug-likeness (QED) is 0.740. The molecular formula is C12H13N3. The molecule has 1 heterocycles. The van der Waals surface area contributed by atoms with Gasteiger partial charge in [0.15, 0.2) is 0 Å². The molecule has 3 heteroatoms. The second-order valence-corrected chi connectivity index (χ2v) is 3.53. The molecule has 1 aromatic carbocycles. The topological polar surface area (TPSA) is 64.9 Å². The number of nitrogens with two attached hydrogens (primary N) is 2. The van der Waals surface area contributed by atoms with E-state index in [1.165, 1.54) is 5.56 Å². The van der Waals surface area contributed by atoms with Crippen LogP contribution in [0.3, 0.4) is 0 Å². The molecule has 2 rings (SSSR count). The zero-order valence-corrected chi connectivity index (χ0v) is 8.57. The molecule has 0 saturated heterocycles. The van der Waals surface area contributed by atoms with Gasteiger partial charge in [-0.05, 0) is 19.1 Å². The third-order valence-electron chi connectivity index (χ3n) is 2.32. The van der Waals surface area contributed by atoms with E-state index in [9.17, 15) is 0 Å². The average Bonchev–Trinajstić information content (AvgIpc) is 2.22. The van der Waals surface area contributed by atoms with E-state index in [1.807, 2.05) is 31.2 Å². The normalized spacial score (nSPS) is 10.2. The van der Waals surface area contributed by atoms with Crippen LogP contribution in [0.15, 0.2) is 36.5 Å². The number of hydrogen-bond donors (Lipinski definition) is 2. The van der Waals surface area contributed by atoms with Crippen molar-refractivity contribution >= 4 is 11.4 Å². The smallest absolute Gasteiger partial charge is 0.0952 e. The summed E-state index contributed by atoms with van der Waals surface area (Å²) in [6.45, 7) is 2.03. The van der Waals surface area contributed by atoms with Crippen LogP contribution in [-0.2, 0) is 0 Å². The Balaban J connectivity index is 2.59. The van der Waals surface area contributed by atoms with Gasteiger partial charge in [-0.3, -0.25) is 4.98 Å². The molecule has 0 spiro atoms. The van der Waals surface area contributed by atoms with Crippen LogP contribution in [0.2, 0.25) is 0 Å². The standard InChI is InChI=1S/C12H13N3/c1-8-3-2-4-9(7-8)12-11(14)10(13)5-6-15-12/h2-7H,14H2,1H3,(H2,13,15). The molecule has 0 unspecified atom stereocenters. The number of aromatic nitrogens is 1. The minimum Gasteiger partial charge on any atom is -0.397 e. The first-order valence-corrected chi connectivity index (χ1v) is 4.75. The summed E-state index contributed by atoms with van der Waals surface area (Å²) in [6.07, 6.45) is 1.67. The summed E-state index contributed by atoms with van der Waals surface area (Å²) >= 11 is 0. The van der Waals surface area contributed by atoms with Crippen molar-refractivity contribution in [1.82, 2.24) is 4.98 Å². The van der Waals surface area contributed by atoms with E-state index in [-0.39, 0.29) is 0 Å². The SMILES string of the molecule is Cc1cccc(-c2nccc(N)c2N)c1. The van der Waals surface area contributed by atoms with E-state index in [1.54, 1.807) is 12.3 Å². The van der Waals surface area contributed by atoms with Gasteiger partial charge in [-0.1, -0.05) is 23.8 Å². The van der Waals surface area contributed by atoms with Gasteiger partial charge in [0, 0.05) is 11.8 Å². The number of nitrogens with zero attached hydrogens (tertiary/aromatic N) is 1. The first-order valence-electron chi connectivity index (χ1n) is 4.75. The largest absolute Gasteiger partial charge is 0.397 e. The van der Waals surface area contributed by atoms with E-state index >= 15 is 0 Å². The predicted octanol–water partition coefficient (Wildman–Crippen LogP) is 2.22. The molecule has 0 radical (unpaired) electrons. The van der Waals surface area contributed by atoms with Crippen molar-refractivity contribution in [3.8, 4) is 11.3 Å². The third-order valence-corrected chi connectivity index (χ3v) is 2.32. The van der Waals surface area contributed by atoms with Crippen molar-refractivity contribution in [2.24, 2.45) is 0 Å². The molecule has 0 aliphatic rings. The van der Waals surface area contributed by atoms with Crippen LogP contribution in [-0.4, -0.2) is 4.98 Å². The molecule has 1 aromatic heterocycles. The summed E-state index contributed by atoms with van der Waals surface area (Å²) in [6, 6.07) is 9.73. The summed E-state index contributed by atoms with van der Waals surface area (Å²) in [5, 5.41) is 0. The Morgan fingerprint density at radius 2 is 1.93 bits per heavy atom. The molecule has 0 fully saturated rings. The minimum atomic E-state index is 0.545. The lowest BCUT2D eigenvalue weighted by Gasteiger charge is -2.07. The molecule has 2 aromatic rings. The Morgan fingerprint density at radius 3 is 2.67 bits per heavy atom. The molecule has 0 atom stereocenters. The Morgan fingerprint density at radius 1 is 1.13 bits per heavy atom. The number of benzene rings is 1. The second-order valence-electron chi connectivity index (χ2n) is 3.53. The van der Waals surface area contributed by atoms with Crippen LogP contribution in [0.25, 0.3) is 11.3 Å². The number of nitrogen functional groups attached to an aromatic ring is 2. The van der Waals surface area contributed by atoms with Gasteiger partial charge in [0.05, 0.1) is 17.1 Å². The Bertz CT molecular complexity index is 492. The molecule has 3 nitrogen and oxygen atoms in total. The van der Waals surface area contributed by atoms with Crippen LogP contribution in [0.5, 0.6) is 0 Å². The predicted molar refractivity (Wildman–Crippen MR) is 63.2 cm³/mol. The average molecular weight is 199 g/mol. The summed E-state index contributed by atoms with van der Waals surface area (Å²) in [5.41, 5.74) is 15.6. The molecule has 0 amide bonds. The van der Waals surface area contributed by atoms with Crippen molar-refractivity contribution in [1.29, 1.82) is 0 Å². The fourth-order valence-electron chi connectivity index (χ4n) is 1.51. The van der Waals surface area contributed by atoms with Gasteiger partial charge in [0.25, 0.3) is 0 Å². The highest BCUT2D eigenvalue weighted by Gasteiger charge is 2.06. The van der Waals surface area contributed by atoms with E-state index in [2.05, 4.69) is 4.98 Å². The van der Waals surface area contributed by atoms with Crippen LogP contribution in [0.1, 0.15) is 5.56 Å². The first-order chi connectivity index (χ1) is 7.18. The lowest BCUT2D eigenvalue weighted by atomic mass is 10.1. The fourth-order valence-corrected chi connectivity index (χ4v) is 1.51. The number of anilines is 2. The highest BCUT2D eigenvalue weighted by molar-refractivity contribution is 5.81. The number of aryl methyl sites for hydroxylation is 1. The van der Waals surface area contributed by atoms with Gasteiger partial charge in [-0.25, -0.2) is 0 Å². The highest BCUT2D eigenvalue weighted by Crippen LogP contribution is 2.27. The second kappa shape index (κ2) is 3.61. The number of hydrogen-bond acceptors (Lipinski definition) is 3. The van der Waals surface area contributed by atoms with E-state index in [4.69, 9.17) is 11.5 Å². The minimum absolute atomic E-state index is 0.545. The number of rotatable bonds is 1. The summed E-state index contributed by atoms with van der Waals surface area (Å²) in [7, 11) is 0. The maximum absolute atomic E-state index is 5.88. The monoisotopic (exact) mass is 199 g/mol. The maximum atomic E-state index is 5.88. The van der Waals surface area contributed by atoms with E-state index in [0.717, 1.165) is 11.3 Å². The molecule has 4 N–H and O–H groups in total. The van der Waals surface area contributed by atoms with Gasteiger partial charge in [0.2, 0.25) is 0 Å². The van der Waals surface area contributed by atoms with Crippen molar-refractivity contribution in [2.75, 3.05) is 11.5 Å². The van der Waals surface area contributed by atoms with Crippen molar-refractivity contribution in [2.45, 2.75) is 6.92 Å². The first kappa shape index (κ1) is 9.52. The Labute approximate surface area is 88.8 Å². The van der Waals surface area contributed by atoms with E-state index in [0.29, 0.717) is 11.4 Å². The van der Waals surface area contributed by atoms with Gasteiger partial charge < -0.3 is 11.5 Å². The van der Waals surface area contributed by atoms with Crippen LogP contribution in [0.4, 0.5) is 11.4 Å². The molecule has 0 bridgehead atoms. The van der Waals surface area contributed by atoms with Gasteiger partial charge in [-0.2, -0.15) is 0 Å². The molecule has 76 valence electrons. The zero-order valence-electron chi connectivity index (χ0n) is 8.57. The number of pyridine rings is 1. The van der Waals surface area contributed by atoms with Crippen molar-refractivity contribution in [3.63, 3.8) is 0 Å². The Hall–Kier alpha value is -2.03. The highest BCUT2D eigenvalue weighted by atomic mass is 14.8. The van der Waals surface area contributed by atoms with Gasteiger partial charge >= 0.3 is 0 Å². The summed E-state index contributed by atoms with van der Waals surface area (Å²) < 4.78 is 0. The zero-order chi connectivity index (χ0) is 10.8. The van der Waals surface area contributed by atoms with Crippen molar-refractivity contribution in [3.05, 3.63) is 42.1 Å². The molecule has 0 aliphatic carbocycles. The molecule has 15 heavy (non-hydrogen) atoms. The summed E-state index contributed by atoms with van der Waals surface area (Å²) in [4.78, 5) is 4.25. The van der Waals surface area contributed by atoms with Gasteiger partial charge in [-0.15, -0.1) is 0 Å². The molecule has 0 saturated carbocycles. The van der Waals surface area contributed by atoms with Crippen LogP contribution < -0.4 is 11.5 Å². The Kier molecular flexibility index (Phi) is 2.29. The van der Waals surface area contributed by atoms with Crippen LogP contribution >= 0.6 is 0 Å². The van der Waals surface area contributed by atoms with Crippen LogP contribution in [0, 0.1) is 6.92 Å². The van der Waals surface area contributed by atoms with E-state index < -0.39 is 0 Å². The maximum Gasteiger partial charge on any atom is 0.0952 e.